The van der Waals surface area contributed by atoms with Gasteiger partial charge in [-0.15, -0.1) is 12.4 Å². The van der Waals surface area contributed by atoms with E-state index in [-0.39, 0.29) is 18.3 Å². The number of carbonyl (C=O) groups is 1. The highest BCUT2D eigenvalue weighted by Gasteiger charge is 2.23. The molecular weight excluding hydrogens is 343 g/mol. The van der Waals surface area contributed by atoms with Gasteiger partial charge in [0.25, 0.3) is 0 Å². The Morgan fingerprint density at radius 3 is 2.56 bits per heavy atom. The summed E-state index contributed by atoms with van der Waals surface area (Å²) < 4.78 is 18.9. The third kappa shape index (κ3) is 5.73. The Morgan fingerprint density at radius 1 is 1.24 bits per heavy atom. The molecule has 2 aromatic rings. The Hall–Kier alpha value is -2.11. The number of rotatable bonds is 7. The Bertz CT molecular complexity index is 682. The molecule has 0 heterocycles. The standard InChI is InChI=1S/C19H23FN2O2.ClH/c1-3-11-24-17-12-15(20)9-10-16(17)22-19(23)13(2)18(21)14-7-5-4-6-8-14;/h4-10,12-13,18H,3,11,21H2,1-2H3,(H,22,23);1H. The zero-order valence-electron chi connectivity index (χ0n) is 14.4. The lowest BCUT2D eigenvalue weighted by molar-refractivity contribution is -0.120. The SMILES string of the molecule is CCCOc1cc(F)ccc1NC(=O)C(C)C(N)c1ccccc1.Cl. The van der Waals surface area contributed by atoms with Gasteiger partial charge in [-0.2, -0.15) is 0 Å². The van der Waals surface area contributed by atoms with Crippen LogP contribution in [-0.4, -0.2) is 12.5 Å². The fourth-order valence-electron chi connectivity index (χ4n) is 2.30. The average Bonchev–Trinajstić information content (AvgIpc) is 2.61. The predicted molar refractivity (Wildman–Crippen MR) is 101 cm³/mol. The minimum Gasteiger partial charge on any atom is -0.491 e. The molecule has 0 spiro atoms. The number of amides is 1. The van der Waals surface area contributed by atoms with Gasteiger partial charge >= 0.3 is 0 Å². The highest BCUT2D eigenvalue weighted by molar-refractivity contribution is 5.94. The number of nitrogens with two attached hydrogens (primary N) is 1. The molecular formula is C19H24ClFN2O2. The molecule has 0 radical (unpaired) electrons. The minimum atomic E-state index is -0.448. The van der Waals surface area contributed by atoms with Crippen LogP contribution in [0.3, 0.4) is 0 Å². The van der Waals surface area contributed by atoms with Gasteiger partial charge in [-0.3, -0.25) is 4.79 Å². The lowest BCUT2D eigenvalue weighted by atomic mass is 9.94. The second-order valence-corrected chi connectivity index (χ2v) is 5.70. The van der Waals surface area contributed by atoms with Crippen LogP contribution >= 0.6 is 12.4 Å². The van der Waals surface area contributed by atoms with E-state index in [1.54, 1.807) is 6.92 Å². The van der Waals surface area contributed by atoms with Gasteiger partial charge in [0, 0.05) is 12.1 Å². The largest absolute Gasteiger partial charge is 0.491 e. The van der Waals surface area contributed by atoms with Crippen LogP contribution in [0.1, 0.15) is 31.9 Å². The van der Waals surface area contributed by atoms with Crippen LogP contribution in [0.4, 0.5) is 10.1 Å². The number of nitrogens with one attached hydrogen (secondary N) is 1. The summed E-state index contributed by atoms with van der Waals surface area (Å²) in [4.78, 5) is 12.5. The monoisotopic (exact) mass is 366 g/mol. The fraction of sp³-hybridized carbons (Fsp3) is 0.316. The van der Waals surface area contributed by atoms with E-state index < -0.39 is 17.8 Å². The van der Waals surface area contributed by atoms with Crippen molar-refractivity contribution in [2.75, 3.05) is 11.9 Å². The molecule has 2 rings (SSSR count). The van der Waals surface area contributed by atoms with Crippen LogP contribution in [0.2, 0.25) is 0 Å². The van der Waals surface area contributed by atoms with E-state index in [9.17, 15) is 9.18 Å². The molecule has 0 aromatic heterocycles. The van der Waals surface area contributed by atoms with Gasteiger partial charge in [0.2, 0.25) is 5.91 Å². The summed E-state index contributed by atoms with van der Waals surface area (Å²) >= 11 is 0. The molecule has 2 atom stereocenters. The van der Waals surface area contributed by atoms with Crippen molar-refractivity contribution in [2.45, 2.75) is 26.3 Å². The predicted octanol–water partition coefficient (Wildman–Crippen LogP) is 4.31. The zero-order chi connectivity index (χ0) is 17.5. The Morgan fingerprint density at radius 2 is 1.92 bits per heavy atom. The molecule has 0 aliphatic rings. The van der Waals surface area contributed by atoms with Crippen molar-refractivity contribution < 1.29 is 13.9 Å². The molecule has 3 N–H and O–H groups in total. The Kier molecular flexibility index (Phi) is 8.38. The lowest BCUT2D eigenvalue weighted by Crippen LogP contribution is -2.30. The first-order valence-electron chi connectivity index (χ1n) is 8.06. The summed E-state index contributed by atoms with van der Waals surface area (Å²) in [7, 11) is 0. The van der Waals surface area contributed by atoms with Crippen molar-refractivity contribution in [3.8, 4) is 5.75 Å². The minimum absolute atomic E-state index is 0. The van der Waals surface area contributed by atoms with Crippen molar-refractivity contribution in [3.63, 3.8) is 0 Å². The number of hydrogen-bond acceptors (Lipinski definition) is 3. The van der Waals surface area contributed by atoms with Gasteiger partial charge in [0.05, 0.1) is 18.2 Å². The van der Waals surface area contributed by atoms with Crippen LogP contribution in [0.15, 0.2) is 48.5 Å². The van der Waals surface area contributed by atoms with E-state index in [1.807, 2.05) is 37.3 Å². The highest BCUT2D eigenvalue weighted by atomic mass is 35.5. The maximum Gasteiger partial charge on any atom is 0.229 e. The number of carbonyl (C=O) groups excluding carboxylic acids is 1. The molecule has 0 fully saturated rings. The van der Waals surface area contributed by atoms with E-state index in [1.165, 1.54) is 18.2 Å². The number of hydrogen-bond donors (Lipinski definition) is 2. The lowest BCUT2D eigenvalue weighted by Gasteiger charge is -2.20. The first-order chi connectivity index (χ1) is 11.5. The smallest absolute Gasteiger partial charge is 0.229 e. The first kappa shape index (κ1) is 20.9. The second-order valence-electron chi connectivity index (χ2n) is 5.70. The number of halogens is 2. The number of benzene rings is 2. The topological polar surface area (TPSA) is 64.3 Å². The maximum absolute atomic E-state index is 13.4. The summed E-state index contributed by atoms with van der Waals surface area (Å²) in [5, 5.41) is 2.79. The van der Waals surface area contributed by atoms with Gasteiger partial charge in [-0.1, -0.05) is 44.2 Å². The summed E-state index contributed by atoms with van der Waals surface area (Å²) in [5.41, 5.74) is 7.52. The van der Waals surface area contributed by atoms with Crippen molar-refractivity contribution in [1.82, 2.24) is 0 Å². The van der Waals surface area contributed by atoms with E-state index >= 15 is 0 Å². The molecule has 0 aliphatic carbocycles. The summed E-state index contributed by atoms with van der Waals surface area (Å²) in [6.07, 6.45) is 0.791. The summed E-state index contributed by atoms with van der Waals surface area (Å²) in [5.74, 6) is -0.769. The molecule has 0 saturated carbocycles. The summed E-state index contributed by atoms with van der Waals surface area (Å²) in [6.45, 7) is 4.17. The maximum atomic E-state index is 13.4. The van der Waals surface area contributed by atoms with Crippen molar-refractivity contribution in [1.29, 1.82) is 0 Å². The van der Waals surface area contributed by atoms with Gasteiger partial charge in [0.15, 0.2) is 0 Å². The fourth-order valence-corrected chi connectivity index (χ4v) is 2.30. The quantitative estimate of drug-likeness (QED) is 0.767. The Labute approximate surface area is 154 Å². The average molecular weight is 367 g/mol. The Balaban J connectivity index is 0.00000312. The van der Waals surface area contributed by atoms with E-state index in [0.29, 0.717) is 18.0 Å². The van der Waals surface area contributed by atoms with Crippen LogP contribution in [-0.2, 0) is 4.79 Å². The third-order valence-electron chi connectivity index (χ3n) is 3.80. The molecule has 0 saturated heterocycles. The van der Waals surface area contributed by atoms with Crippen molar-refractivity contribution in [3.05, 3.63) is 59.9 Å². The normalized spacial score (nSPS) is 12.6. The molecule has 4 nitrogen and oxygen atoms in total. The van der Waals surface area contributed by atoms with Crippen LogP contribution in [0, 0.1) is 11.7 Å². The number of anilines is 1. The summed E-state index contributed by atoms with van der Waals surface area (Å²) in [6, 6.07) is 13.1. The highest BCUT2D eigenvalue weighted by Crippen LogP contribution is 2.27. The zero-order valence-corrected chi connectivity index (χ0v) is 15.2. The van der Waals surface area contributed by atoms with Crippen LogP contribution < -0.4 is 15.8 Å². The van der Waals surface area contributed by atoms with Gasteiger partial charge in [0.1, 0.15) is 11.6 Å². The van der Waals surface area contributed by atoms with E-state index in [2.05, 4.69) is 5.32 Å². The molecule has 2 aromatic carbocycles. The number of ether oxygens (including phenoxy) is 1. The van der Waals surface area contributed by atoms with Gasteiger partial charge in [-0.05, 0) is 24.1 Å². The van der Waals surface area contributed by atoms with E-state index in [4.69, 9.17) is 10.5 Å². The first-order valence-corrected chi connectivity index (χ1v) is 8.06. The van der Waals surface area contributed by atoms with E-state index in [0.717, 1.165) is 12.0 Å². The molecule has 2 unspecified atom stereocenters. The molecule has 1 amide bonds. The molecule has 6 heteroatoms. The van der Waals surface area contributed by atoms with Gasteiger partial charge in [-0.25, -0.2) is 4.39 Å². The molecule has 0 aliphatic heterocycles. The van der Waals surface area contributed by atoms with Crippen LogP contribution in [0.25, 0.3) is 0 Å². The van der Waals surface area contributed by atoms with Crippen molar-refractivity contribution >= 4 is 24.0 Å². The van der Waals surface area contributed by atoms with Gasteiger partial charge < -0.3 is 15.8 Å². The molecule has 25 heavy (non-hydrogen) atoms. The molecule has 0 bridgehead atoms. The van der Waals surface area contributed by atoms with Crippen molar-refractivity contribution in [2.24, 2.45) is 11.7 Å². The second kappa shape index (κ2) is 10.0. The van der Waals surface area contributed by atoms with Crippen LogP contribution in [0.5, 0.6) is 5.75 Å². The molecule has 136 valence electrons. The third-order valence-corrected chi connectivity index (χ3v) is 3.80.